The zero-order valence-electron chi connectivity index (χ0n) is 16.2. The monoisotopic (exact) mass is 450 g/mol. The van der Waals surface area contributed by atoms with Crippen LogP contribution in [0.5, 0.6) is 5.75 Å². The van der Waals surface area contributed by atoms with Gasteiger partial charge in [0.2, 0.25) is 10.9 Å². The fraction of sp³-hybridized carbons (Fsp3) is 0.200. The number of ether oxygens (including phenoxy) is 1. The van der Waals surface area contributed by atoms with E-state index in [0.29, 0.717) is 16.4 Å². The molecule has 11 heteroatoms. The Bertz CT molecular complexity index is 1350. The highest BCUT2D eigenvalue weighted by molar-refractivity contribution is 7.70. The van der Waals surface area contributed by atoms with Crippen LogP contribution in [0.15, 0.2) is 36.7 Å². The second kappa shape index (κ2) is 8.52. The van der Waals surface area contributed by atoms with Crippen LogP contribution >= 0.6 is 0 Å². The number of nitrogens with zero attached hydrogens (tertiary/aromatic N) is 2. The van der Waals surface area contributed by atoms with Crippen molar-refractivity contribution in [3.63, 3.8) is 0 Å². The van der Waals surface area contributed by atoms with E-state index in [1.807, 2.05) is 0 Å². The van der Waals surface area contributed by atoms with Crippen molar-refractivity contribution >= 4 is 32.7 Å². The van der Waals surface area contributed by atoms with E-state index < -0.39 is 34.3 Å². The molecule has 0 aliphatic rings. The molecule has 2 N–H and O–H groups in total. The highest BCUT2D eigenvalue weighted by atomic mass is 32.2. The van der Waals surface area contributed by atoms with Crippen LogP contribution in [0.3, 0.4) is 0 Å². The van der Waals surface area contributed by atoms with E-state index in [4.69, 9.17) is 4.74 Å². The van der Waals surface area contributed by atoms with E-state index in [0.717, 1.165) is 17.5 Å². The number of aromatic nitrogens is 3. The van der Waals surface area contributed by atoms with Crippen molar-refractivity contribution in [1.82, 2.24) is 19.9 Å². The van der Waals surface area contributed by atoms with Crippen LogP contribution in [0.25, 0.3) is 32.9 Å². The molecule has 0 aliphatic carbocycles. The normalized spacial score (nSPS) is 12.7. The lowest BCUT2D eigenvalue weighted by molar-refractivity contribution is 0.314. The Morgan fingerprint density at radius 3 is 2.74 bits per heavy atom. The molecule has 0 spiro atoms. The van der Waals surface area contributed by atoms with Gasteiger partial charge in [-0.2, -0.15) is 5.10 Å². The molecule has 0 aliphatic heterocycles. The van der Waals surface area contributed by atoms with Crippen LogP contribution in [0.1, 0.15) is 18.2 Å². The molecule has 31 heavy (non-hydrogen) atoms. The van der Waals surface area contributed by atoms with Gasteiger partial charge in [0.15, 0.2) is 5.65 Å². The topological polar surface area (TPSA) is 97.0 Å². The van der Waals surface area contributed by atoms with Gasteiger partial charge in [-0.1, -0.05) is 6.07 Å². The van der Waals surface area contributed by atoms with Crippen LogP contribution in [-0.2, 0) is 10.9 Å². The average Bonchev–Trinajstić information content (AvgIpc) is 3.22. The largest absolute Gasteiger partial charge is 0.496 e. The maximum Gasteiger partial charge on any atom is 0.201 e. The summed E-state index contributed by atoms with van der Waals surface area (Å²) < 4.78 is 73.1. The smallest absolute Gasteiger partial charge is 0.201 e. The lowest BCUT2D eigenvalue weighted by atomic mass is 9.95. The summed E-state index contributed by atoms with van der Waals surface area (Å²) >= 11 is 0. The van der Waals surface area contributed by atoms with Gasteiger partial charge in [0.1, 0.15) is 23.6 Å². The van der Waals surface area contributed by atoms with Crippen molar-refractivity contribution in [2.45, 2.75) is 12.6 Å². The van der Waals surface area contributed by atoms with Crippen molar-refractivity contribution in [3.8, 4) is 16.9 Å². The van der Waals surface area contributed by atoms with Crippen LogP contribution in [-0.4, -0.2) is 37.3 Å². The van der Waals surface area contributed by atoms with Gasteiger partial charge in [0.05, 0.1) is 18.9 Å². The molecule has 162 valence electrons. The zero-order valence-corrected chi connectivity index (χ0v) is 17.1. The number of rotatable bonds is 7. The van der Waals surface area contributed by atoms with E-state index >= 15 is 4.39 Å². The second-order valence-electron chi connectivity index (χ2n) is 6.78. The van der Waals surface area contributed by atoms with Crippen molar-refractivity contribution in [2.24, 2.45) is 0 Å². The molecule has 4 aromatic rings. The van der Waals surface area contributed by atoms with Crippen molar-refractivity contribution < 1.29 is 26.3 Å². The van der Waals surface area contributed by atoms with Gasteiger partial charge in [-0.15, -0.1) is 0 Å². The van der Waals surface area contributed by atoms with Gasteiger partial charge >= 0.3 is 0 Å². The first-order valence-electron chi connectivity index (χ1n) is 9.20. The Hall–Kier alpha value is -3.18. The molecule has 1 unspecified atom stereocenters. The summed E-state index contributed by atoms with van der Waals surface area (Å²) in [5.74, 6) is -1.77. The van der Waals surface area contributed by atoms with Crippen LogP contribution in [0, 0.1) is 11.6 Å². The van der Waals surface area contributed by atoms with Gasteiger partial charge in [-0.25, -0.2) is 31.3 Å². The molecule has 1 atom stereocenters. The van der Waals surface area contributed by atoms with Crippen LogP contribution < -0.4 is 9.46 Å². The number of H-pyrrole nitrogens is 1. The van der Waals surface area contributed by atoms with Crippen LogP contribution in [0.2, 0.25) is 0 Å². The minimum Gasteiger partial charge on any atom is -0.496 e. The molecule has 0 bridgehead atoms. The molecule has 2 aromatic carbocycles. The Morgan fingerprint density at radius 1 is 1.19 bits per heavy atom. The van der Waals surface area contributed by atoms with Gasteiger partial charge in [0.25, 0.3) is 0 Å². The van der Waals surface area contributed by atoms with Gasteiger partial charge in [-0.3, -0.25) is 5.10 Å². The van der Waals surface area contributed by atoms with E-state index in [9.17, 15) is 17.2 Å². The molecule has 0 amide bonds. The summed E-state index contributed by atoms with van der Waals surface area (Å²) in [5, 5.41) is 8.72. The summed E-state index contributed by atoms with van der Waals surface area (Å²) in [6.45, 7) is -0.211. The number of alkyl halides is 1. The fourth-order valence-corrected chi connectivity index (χ4v) is 3.82. The molecular formula is C20H17F3N4O3S. The minimum absolute atomic E-state index is 0.101. The molecule has 2 heterocycles. The number of aromatic amines is 1. The SMILES string of the molecule is COc1cc2c(cnc3[nH]ncc32)cc1-c1c(F)ccc(C(F)CCN[SH](=O)=O)c1F. The van der Waals surface area contributed by atoms with Gasteiger partial charge in [0, 0.05) is 34.6 Å². The third-order valence-electron chi connectivity index (χ3n) is 4.98. The molecule has 0 fully saturated rings. The summed E-state index contributed by atoms with van der Waals surface area (Å²) in [7, 11) is -1.52. The highest BCUT2D eigenvalue weighted by Crippen LogP contribution is 2.40. The third kappa shape index (κ3) is 3.93. The van der Waals surface area contributed by atoms with E-state index in [-0.39, 0.29) is 29.8 Å². The maximum absolute atomic E-state index is 15.3. The maximum atomic E-state index is 15.3. The summed E-state index contributed by atoms with van der Waals surface area (Å²) in [5.41, 5.74) is -0.154. The predicted molar refractivity (Wildman–Crippen MR) is 110 cm³/mol. The van der Waals surface area contributed by atoms with E-state index in [2.05, 4.69) is 19.9 Å². The van der Waals surface area contributed by atoms with Crippen molar-refractivity contribution in [2.75, 3.05) is 13.7 Å². The lowest BCUT2D eigenvalue weighted by Gasteiger charge is -2.16. The lowest BCUT2D eigenvalue weighted by Crippen LogP contribution is -2.15. The van der Waals surface area contributed by atoms with Crippen molar-refractivity contribution in [1.29, 1.82) is 0 Å². The number of methoxy groups -OCH3 is 1. The number of hydrogen-bond acceptors (Lipinski definition) is 5. The van der Waals surface area contributed by atoms with Gasteiger partial charge < -0.3 is 4.74 Å². The Labute approximate surface area is 176 Å². The van der Waals surface area contributed by atoms with E-state index in [1.165, 1.54) is 19.4 Å². The number of benzene rings is 2. The number of fused-ring (bicyclic) bond motifs is 3. The number of hydrogen-bond donors (Lipinski definition) is 3. The standard InChI is InChI=1S/C20H17F3N4O3S/c1-30-17-7-12-10(8-24-20-14(12)9-25-27-20)6-13(17)18-16(22)3-2-11(19(18)23)15(21)4-5-26-31(28)29/h2-3,6-9,15,31H,4-5H2,1H3,(H,24,25,27)(H,26,28,29). The zero-order chi connectivity index (χ0) is 22.1. The number of nitrogens with one attached hydrogen (secondary N) is 2. The molecule has 0 radical (unpaired) electrons. The summed E-state index contributed by atoms with van der Waals surface area (Å²) in [6.07, 6.45) is 0.984. The highest BCUT2D eigenvalue weighted by Gasteiger charge is 2.24. The summed E-state index contributed by atoms with van der Waals surface area (Å²) in [4.78, 5) is 4.24. The Kier molecular flexibility index (Phi) is 5.79. The molecular weight excluding hydrogens is 433 g/mol. The summed E-state index contributed by atoms with van der Waals surface area (Å²) in [6, 6.07) is 5.14. The second-order valence-corrected chi connectivity index (χ2v) is 7.61. The number of halogens is 3. The first-order valence-corrected chi connectivity index (χ1v) is 10.4. The molecule has 2 aromatic heterocycles. The first kappa shape index (κ1) is 21.1. The molecule has 0 saturated heterocycles. The number of thiol groups is 1. The fourth-order valence-electron chi connectivity index (χ4n) is 3.51. The van der Waals surface area contributed by atoms with Crippen molar-refractivity contribution in [3.05, 3.63) is 53.9 Å². The van der Waals surface area contributed by atoms with Crippen LogP contribution in [0.4, 0.5) is 13.2 Å². The minimum atomic E-state index is -2.89. The molecule has 4 rings (SSSR count). The Balaban J connectivity index is 1.84. The quantitative estimate of drug-likeness (QED) is 0.374. The first-order chi connectivity index (χ1) is 14.9. The van der Waals surface area contributed by atoms with Gasteiger partial charge in [-0.05, 0) is 30.0 Å². The number of pyridine rings is 1. The molecule has 7 nitrogen and oxygen atoms in total. The molecule has 0 saturated carbocycles. The Morgan fingerprint density at radius 2 is 2.00 bits per heavy atom. The third-order valence-corrected chi connectivity index (χ3v) is 5.46. The van der Waals surface area contributed by atoms with E-state index in [1.54, 1.807) is 12.3 Å². The average molecular weight is 450 g/mol. The predicted octanol–water partition coefficient (Wildman–Crippen LogP) is 3.58.